The van der Waals surface area contributed by atoms with Gasteiger partial charge in [0.2, 0.25) is 5.91 Å². The van der Waals surface area contributed by atoms with Crippen molar-refractivity contribution in [1.29, 1.82) is 0 Å². The SMILES string of the molecule is CCCCC(CCCC(C)CCc1c(Cl)cc(CC)cc1C(C)C)C(C)C(=O)Nc1cccc(Cl)c1. The molecule has 2 nitrogen and oxygen atoms in total. The van der Waals surface area contributed by atoms with Crippen LogP contribution in [0, 0.1) is 17.8 Å². The summed E-state index contributed by atoms with van der Waals surface area (Å²) in [5, 5.41) is 4.64. The third-order valence-corrected chi connectivity index (χ3v) is 8.19. The van der Waals surface area contributed by atoms with Crippen LogP contribution in [0.2, 0.25) is 10.0 Å². The van der Waals surface area contributed by atoms with Crippen molar-refractivity contribution in [3.63, 3.8) is 0 Å². The van der Waals surface area contributed by atoms with E-state index in [0.29, 0.717) is 22.8 Å². The summed E-state index contributed by atoms with van der Waals surface area (Å²) < 4.78 is 0. The molecule has 0 heterocycles. The molecule has 1 N–H and O–H groups in total. The average molecular weight is 533 g/mol. The Morgan fingerprint density at radius 2 is 1.64 bits per heavy atom. The van der Waals surface area contributed by atoms with E-state index in [1.54, 1.807) is 0 Å². The zero-order chi connectivity index (χ0) is 26.7. The Bertz CT molecular complexity index is 955. The van der Waals surface area contributed by atoms with Gasteiger partial charge in [-0.25, -0.2) is 0 Å². The minimum Gasteiger partial charge on any atom is -0.326 e. The predicted octanol–water partition coefficient (Wildman–Crippen LogP) is 10.5. The van der Waals surface area contributed by atoms with Gasteiger partial charge in [0.15, 0.2) is 0 Å². The number of anilines is 1. The zero-order valence-electron chi connectivity index (χ0n) is 23.3. The number of carbonyl (C=O) groups excluding carboxylic acids is 1. The van der Waals surface area contributed by atoms with Crippen molar-refractivity contribution in [3.05, 3.63) is 63.1 Å². The molecule has 36 heavy (non-hydrogen) atoms. The Morgan fingerprint density at radius 1 is 0.917 bits per heavy atom. The fourth-order valence-corrected chi connectivity index (χ4v) is 5.64. The van der Waals surface area contributed by atoms with E-state index < -0.39 is 0 Å². The van der Waals surface area contributed by atoms with Crippen molar-refractivity contribution in [2.45, 2.75) is 105 Å². The van der Waals surface area contributed by atoms with Gasteiger partial charge in [-0.15, -0.1) is 0 Å². The highest BCUT2D eigenvalue weighted by Crippen LogP contribution is 2.32. The Kier molecular flexibility index (Phi) is 13.4. The van der Waals surface area contributed by atoms with E-state index in [4.69, 9.17) is 23.2 Å². The Hall–Kier alpha value is -1.51. The summed E-state index contributed by atoms with van der Waals surface area (Å²) in [6.45, 7) is 13.4. The van der Waals surface area contributed by atoms with Crippen LogP contribution in [0.5, 0.6) is 0 Å². The molecule has 0 saturated carbocycles. The van der Waals surface area contributed by atoms with E-state index in [1.165, 1.54) is 29.5 Å². The van der Waals surface area contributed by atoms with Crippen LogP contribution < -0.4 is 5.32 Å². The molecule has 0 radical (unpaired) electrons. The van der Waals surface area contributed by atoms with Gasteiger partial charge in [-0.2, -0.15) is 0 Å². The summed E-state index contributed by atoms with van der Waals surface area (Å²) in [5.74, 6) is 1.60. The summed E-state index contributed by atoms with van der Waals surface area (Å²) in [6.07, 6.45) is 10.1. The fourth-order valence-electron chi connectivity index (χ4n) is 5.11. The molecule has 2 aromatic carbocycles. The number of carbonyl (C=O) groups is 1. The maximum Gasteiger partial charge on any atom is 0.227 e. The maximum atomic E-state index is 13.0. The van der Waals surface area contributed by atoms with Crippen LogP contribution >= 0.6 is 23.2 Å². The van der Waals surface area contributed by atoms with Crippen molar-refractivity contribution in [3.8, 4) is 0 Å². The number of aryl methyl sites for hydroxylation is 1. The van der Waals surface area contributed by atoms with Crippen LogP contribution in [0.4, 0.5) is 5.69 Å². The number of benzene rings is 2. The third-order valence-electron chi connectivity index (χ3n) is 7.62. The average Bonchev–Trinajstić information content (AvgIpc) is 2.84. The largest absolute Gasteiger partial charge is 0.326 e. The van der Waals surface area contributed by atoms with E-state index in [-0.39, 0.29) is 11.8 Å². The lowest BCUT2D eigenvalue weighted by Gasteiger charge is -2.24. The van der Waals surface area contributed by atoms with Crippen molar-refractivity contribution >= 4 is 34.8 Å². The monoisotopic (exact) mass is 531 g/mol. The molecule has 3 atom stereocenters. The highest BCUT2D eigenvalue weighted by Gasteiger charge is 2.24. The molecule has 3 unspecified atom stereocenters. The topological polar surface area (TPSA) is 29.1 Å². The number of amides is 1. The number of halogens is 2. The molecule has 4 heteroatoms. The predicted molar refractivity (Wildman–Crippen MR) is 159 cm³/mol. The van der Waals surface area contributed by atoms with E-state index in [1.807, 2.05) is 24.3 Å². The number of hydrogen-bond donors (Lipinski definition) is 1. The number of hydrogen-bond acceptors (Lipinski definition) is 1. The van der Waals surface area contributed by atoms with Crippen molar-refractivity contribution in [2.75, 3.05) is 5.32 Å². The molecule has 0 aliphatic heterocycles. The summed E-state index contributed by atoms with van der Waals surface area (Å²) in [4.78, 5) is 13.0. The molecule has 0 aromatic heterocycles. The van der Waals surface area contributed by atoms with E-state index in [0.717, 1.165) is 55.7 Å². The second kappa shape index (κ2) is 15.7. The normalized spacial score (nSPS) is 14.0. The summed E-state index contributed by atoms with van der Waals surface area (Å²) in [6, 6.07) is 11.9. The smallest absolute Gasteiger partial charge is 0.227 e. The van der Waals surface area contributed by atoms with E-state index >= 15 is 0 Å². The molecule has 2 rings (SSSR count). The highest BCUT2D eigenvalue weighted by atomic mass is 35.5. The van der Waals surface area contributed by atoms with Crippen LogP contribution in [0.3, 0.4) is 0 Å². The van der Waals surface area contributed by atoms with Crippen molar-refractivity contribution in [1.82, 2.24) is 0 Å². The molecule has 0 spiro atoms. The molecule has 0 aliphatic rings. The molecule has 0 bridgehead atoms. The molecule has 0 fully saturated rings. The number of rotatable bonds is 15. The fraction of sp³-hybridized carbons (Fsp3) is 0.594. The van der Waals surface area contributed by atoms with Crippen LogP contribution in [0.1, 0.15) is 109 Å². The number of unbranched alkanes of at least 4 members (excludes halogenated alkanes) is 1. The van der Waals surface area contributed by atoms with Crippen LogP contribution in [-0.2, 0) is 17.6 Å². The molecule has 0 saturated heterocycles. The first-order valence-electron chi connectivity index (χ1n) is 14.0. The lowest BCUT2D eigenvalue weighted by Crippen LogP contribution is -2.27. The second-order valence-electron chi connectivity index (χ2n) is 10.9. The molecule has 0 aliphatic carbocycles. The van der Waals surface area contributed by atoms with Crippen LogP contribution in [0.25, 0.3) is 0 Å². The van der Waals surface area contributed by atoms with E-state index in [2.05, 4.69) is 59.0 Å². The van der Waals surface area contributed by atoms with Gasteiger partial charge in [0.05, 0.1) is 0 Å². The van der Waals surface area contributed by atoms with Crippen LogP contribution in [-0.4, -0.2) is 5.91 Å². The van der Waals surface area contributed by atoms with Gasteiger partial charge in [-0.05, 0) is 90.8 Å². The third kappa shape index (κ3) is 9.75. The first kappa shape index (κ1) is 30.7. The summed E-state index contributed by atoms with van der Waals surface area (Å²) in [7, 11) is 0. The van der Waals surface area contributed by atoms with Gasteiger partial charge in [-0.1, -0.05) is 103 Å². The molecule has 2 aromatic rings. The lowest BCUT2D eigenvalue weighted by atomic mass is 9.83. The van der Waals surface area contributed by atoms with Gasteiger partial charge in [0.1, 0.15) is 0 Å². The molecular weight excluding hydrogens is 485 g/mol. The maximum absolute atomic E-state index is 13.0. The Balaban J connectivity index is 1.91. The molecular formula is C32H47Cl2NO. The number of nitrogens with one attached hydrogen (secondary N) is 1. The van der Waals surface area contributed by atoms with Crippen molar-refractivity contribution < 1.29 is 4.79 Å². The summed E-state index contributed by atoms with van der Waals surface area (Å²) >= 11 is 12.8. The first-order valence-corrected chi connectivity index (χ1v) is 14.8. The van der Waals surface area contributed by atoms with Gasteiger partial charge in [0.25, 0.3) is 0 Å². The Labute approximate surface area is 230 Å². The van der Waals surface area contributed by atoms with Crippen molar-refractivity contribution in [2.24, 2.45) is 17.8 Å². The van der Waals surface area contributed by atoms with Gasteiger partial charge in [-0.3, -0.25) is 4.79 Å². The van der Waals surface area contributed by atoms with Gasteiger partial charge < -0.3 is 5.32 Å². The van der Waals surface area contributed by atoms with Crippen LogP contribution in [0.15, 0.2) is 36.4 Å². The quantitative estimate of drug-likeness (QED) is 0.243. The summed E-state index contributed by atoms with van der Waals surface area (Å²) in [5.41, 5.74) is 4.84. The first-order chi connectivity index (χ1) is 17.2. The minimum absolute atomic E-state index is 0.0182. The van der Waals surface area contributed by atoms with Gasteiger partial charge >= 0.3 is 0 Å². The second-order valence-corrected chi connectivity index (χ2v) is 11.8. The van der Waals surface area contributed by atoms with Gasteiger partial charge in [0, 0.05) is 21.7 Å². The minimum atomic E-state index is -0.0182. The standard InChI is InChI=1S/C32H47Cl2NO/c1-7-9-13-26(24(6)32(36)35-28-16-11-15-27(33)21-28)14-10-12-23(5)17-18-29-30(22(3)4)19-25(8-2)20-31(29)34/h11,15-16,19-24,26H,7-10,12-14,17-18H2,1-6H3,(H,35,36). The highest BCUT2D eigenvalue weighted by molar-refractivity contribution is 6.31. The lowest BCUT2D eigenvalue weighted by molar-refractivity contribution is -0.121. The molecule has 1 amide bonds. The van der Waals surface area contributed by atoms with E-state index in [9.17, 15) is 4.79 Å². The Morgan fingerprint density at radius 3 is 2.28 bits per heavy atom. The molecule has 200 valence electrons. The zero-order valence-corrected chi connectivity index (χ0v) is 24.8.